The van der Waals surface area contributed by atoms with Gasteiger partial charge in [0.15, 0.2) is 0 Å². The lowest BCUT2D eigenvalue weighted by atomic mass is 10.0. The van der Waals surface area contributed by atoms with Gasteiger partial charge in [-0.25, -0.2) is 4.79 Å². The molecule has 0 bridgehead atoms. The number of rotatable bonds is 9. The van der Waals surface area contributed by atoms with Crippen LogP contribution in [0.15, 0.2) is 18.2 Å². The van der Waals surface area contributed by atoms with E-state index in [1.165, 1.54) is 4.90 Å². The van der Waals surface area contributed by atoms with Crippen molar-refractivity contribution < 1.29 is 42.6 Å². The van der Waals surface area contributed by atoms with Gasteiger partial charge in [0.25, 0.3) is 5.91 Å². The quantitative estimate of drug-likeness (QED) is 0.440. The van der Waals surface area contributed by atoms with E-state index in [4.69, 9.17) is 20.7 Å². The van der Waals surface area contributed by atoms with Crippen molar-refractivity contribution in [2.75, 3.05) is 18.0 Å². The Morgan fingerprint density at radius 2 is 1.69 bits per heavy atom. The molecular weight excluding hydrogens is 471 g/mol. The topological polar surface area (TPSA) is 141 Å². The number of aryl methyl sites for hydroxylation is 1. The van der Waals surface area contributed by atoms with Crippen molar-refractivity contribution in [3.63, 3.8) is 0 Å². The van der Waals surface area contributed by atoms with E-state index in [9.17, 15) is 27.6 Å². The molecule has 2 amide bonds. The van der Waals surface area contributed by atoms with E-state index < -0.39 is 24.2 Å². The molecular formula is C23H32F3N3O6. The first-order chi connectivity index (χ1) is 16.2. The fourth-order valence-corrected chi connectivity index (χ4v) is 3.64. The highest BCUT2D eigenvalue weighted by atomic mass is 19.4. The highest BCUT2D eigenvalue weighted by molar-refractivity contribution is 6.10. The Morgan fingerprint density at radius 1 is 1.09 bits per heavy atom. The van der Waals surface area contributed by atoms with Crippen LogP contribution < -0.4 is 10.6 Å². The molecule has 35 heavy (non-hydrogen) atoms. The SMILES string of the molecule is CC(CC(=O)O)N1CC(=O)N(C(C)C)c2ccc(CCCCCN)cc2C1=O.O=C(O)C(F)(F)F. The number of hydrogen-bond donors (Lipinski definition) is 3. The molecule has 0 aromatic heterocycles. The number of halogens is 3. The molecule has 0 fully saturated rings. The fraction of sp³-hybridized carbons (Fsp3) is 0.565. The molecule has 0 aliphatic carbocycles. The van der Waals surface area contributed by atoms with Gasteiger partial charge in [-0.2, -0.15) is 13.2 Å². The van der Waals surface area contributed by atoms with Crippen molar-refractivity contribution in [3.8, 4) is 0 Å². The molecule has 4 N–H and O–H groups in total. The van der Waals surface area contributed by atoms with Crippen molar-refractivity contribution in [3.05, 3.63) is 29.3 Å². The van der Waals surface area contributed by atoms with Crippen LogP contribution in [0.25, 0.3) is 0 Å². The summed E-state index contributed by atoms with van der Waals surface area (Å²) >= 11 is 0. The first-order valence-corrected chi connectivity index (χ1v) is 11.2. The van der Waals surface area contributed by atoms with Crippen LogP contribution in [0.3, 0.4) is 0 Å². The maximum Gasteiger partial charge on any atom is 0.490 e. The highest BCUT2D eigenvalue weighted by Gasteiger charge is 2.38. The second kappa shape index (κ2) is 13.1. The van der Waals surface area contributed by atoms with E-state index in [2.05, 4.69) is 0 Å². The summed E-state index contributed by atoms with van der Waals surface area (Å²) in [5.41, 5.74) is 7.64. The minimum Gasteiger partial charge on any atom is -0.481 e. The maximum atomic E-state index is 13.2. The van der Waals surface area contributed by atoms with Crippen LogP contribution >= 0.6 is 0 Å². The predicted octanol–water partition coefficient (Wildman–Crippen LogP) is 3.05. The lowest BCUT2D eigenvalue weighted by Crippen LogP contribution is -2.46. The highest BCUT2D eigenvalue weighted by Crippen LogP contribution is 2.30. The predicted molar refractivity (Wildman–Crippen MR) is 122 cm³/mol. The summed E-state index contributed by atoms with van der Waals surface area (Å²) in [6.45, 7) is 6.03. The number of alkyl halides is 3. The number of hydrogen-bond acceptors (Lipinski definition) is 5. The van der Waals surface area contributed by atoms with Gasteiger partial charge in [-0.1, -0.05) is 12.5 Å². The second-order valence-corrected chi connectivity index (χ2v) is 8.49. The lowest BCUT2D eigenvalue weighted by molar-refractivity contribution is -0.192. The van der Waals surface area contributed by atoms with Crippen molar-refractivity contribution in [1.29, 1.82) is 0 Å². The maximum absolute atomic E-state index is 13.2. The van der Waals surface area contributed by atoms with Gasteiger partial charge in [0.2, 0.25) is 5.91 Å². The van der Waals surface area contributed by atoms with E-state index in [0.29, 0.717) is 17.8 Å². The van der Waals surface area contributed by atoms with Crippen molar-refractivity contribution in [1.82, 2.24) is 4.90 Å². The minimum atomic E-state index is -5.08. The number of carboxylic acid groups (broad SMARTS) is 2. The Labute approximate surface area is 201 Å². The smallest absolute Gasteiger partial charge is 0.481 e. The van der Waals surface area contributed by atoms with Gasteiger partial charge in [-0.05, 0) is 64.3 Å². The standard InChI is InChI=1S/C21H31N3O4.C2HF3O2/c1-14(2)24-18-9-8-16(7-5-4-6-10-22)12-17(18)21(28)23(13-19(24)25)15(3)11-20(26)27;3-2(4,5)1(6)7/h8-9,12,14-15H,4-7,10-11,13,22H2,1-3H3,(H,26,27);(H,6,7). The Hall–Kier alpha value is -3.15. The lowest BCUT2D eigenvalue weighted by Gasteiger charge is -2.28. The molecule has 1 heterocycles. The largest absolute Gasteiger partial charge is 0.490 e. The molecule has 0 radical (unpaired) electrons. The molecule has 0 saturated carbocycles. The molecule has 1 aromatic rings. The molecule has 9 nitrogen and oxygen atoms in total. The number of nitrogens with two attached hydrogens (primary N) is 1. The van der Waals surface area contributed by atoms with Gasteiger partial charge < -0.3 is 25.7 Å². The summed E-state index contributed by atoms with van der Waals surface area (Å²) in [5, 5.41) is 16.2. The van der Waals surface area contributed by atoms with Crippen molar-refractivity contribution in [2.45, 2.75) is 71.1 Å². The average molecular weight is 504 g/mol. The number of carbonyl (C=O) groups excluding carboxylic acids is 2. The van der Waals surface area contributed by atoms with Gasteiger partial charge in [0, 0.05) is 12.1 Å². The van der Waals surface area contributed by atoms with Crippen LogP contribution in [0.2, 0.25) is 0 Å². The Kier molecular flexibility index (Phi) is 11.2. The first kappa shape index (κ1) is 29.9. The number of amides is 2. The molecule has 1 atom stereocenters. The van der Waals surface area contributed by atoms with E-state index in [1.54, 1.807) is 11.8 Å². The fourth-order valence-electron chi connectivity index (χ4n) is 3.64. The molecule has 1 unspecified atom stereocenters. The third-order valence-electron chi connectivity index (χ3n) is 5.32. The minimum absolute atomic E-state index is 0.107. The van der Waals surface area contributed by atoms with E-state index in [1.807, 2.05) is 32.0 Å². The summed E-state index contributed by atoms with van der Waals surface area (Å²) in [6.07, 6.45) is -1.47. The number of unbranched alkanes of at least 4 members (excludes halogenated alkanes) is 2. The summed E-state index contributed by atoms with van der Waals surface area (Å²) in [4.78, 5) is 49.2. The van der Waals surface area contributed by atoms with Crippen LogP contribution in [0.4, 0.5) is 18.9 Å². The zero-order valence-corrected chi connectivity index (χ0v) is 20.0. The molecule has 2 rings (SSSR count). The molecule has 0 saturated heterocycles. The van der Waals surface area contributed by atoms with Crippen LogP contribution in [0.5, 0.6) is 0 Å². The van der Waals surface area contributed by atoms with Crippen LogP contribution in [0, 0.1) is 0 Å². The average Bonchev–Trinajstić information content (AvgIpc) is 2.84. The summed E-state index contributed by atoms with van der Waals surface area (Å²) < 4.78 is 31.7. The summed E-state index contributed by atoms with van der Waals surface area (Å²) in [5.74, 6) is -4.24. The van der Waals surface area contributed by atoms with E-state index in [-0.39, 0.29) is 30.8 Å². The molecule has 1 aliphatic heterocycles. The van der Waals surface area contributed by atoms with Crippen LogP contribution in [0.1, 0.15) is 62.4 Å². The van der Waals surface area contributed by atoms with E-state index >= 15 is 0 Å². The number of benzene rings is 1. The number of carbonyl (C=O) groups is 4. The Balaban J connectivity index is 0.000000762. The van der Waals surface area contributed by atoms with E-state index in [0.717, 1.165) is 31.2 Å². The molecule has 1 aliphatic rings. The molecule has 12 heteroatoms. The zero-order valence-electron chi connectivity index (χ0n) is 20.0. The normalized spacial score (nSPS) is 14.7. The third kappa shape index (κ3) is 8.85. The molecule has 196 valence electrons. The Morgan fingerprint density at radius 3 is 2.17 bits per heavy atom. The number of nitrogens with zero attached hydrogens (tertiary/aromatic N) is 2. The van der Waals surface area contributed by atoms with Crippen LogP contribution in [-0.4, -0.2) is 70.2 Å². The third-order valence-corrected chi connectivity index (χ3v) is 5.32. The Bertz CT molecular complexity index is 920. The zero-order chi connectivity index (χ0) is 26.9. The molecule has 1 aromatic carbocycles. The molecule has 0 spiro atoms. The van der Waals surface area contributed by atoms with Crippen molar-refractivity contribution >= 4 is 29.4 Å². The number of fused-ring (bicyclic) bond motifs is 1. The summed E-state index contributed by atoms with van der Waals surface area (Å²) in [6, 6.07) is 4.99. The van der Waals surface area contributed by atoms with Crippen molar-refractivity contribution in [2.24, 2.45) is 5.73 Å². The summed E-state index contributed by atoms with van der Waals surface area (Å²) in [7, 11) is 0. The number of carboxylic acids is 2. The van der Waals surface area contributed by atoms with Gasteiger partial charge in [-0.15, -0.1) is 0 Å². The monoisotopic (exact) mass is 503 g/mol. The van der Waals surface area contributed by atoms with Gasteiger partial charge in [-0.3, -0.25) is 14.4 Å². The number of anilines is 1. The van der Waals surface area contributed by atoms with Crippen LogP contribution in [-0.2, 0) is 20.8 Å². The van der Waals surface area contributed by atoms with Gasteiger partial charge in [0.1, 0.15) is 6.54 Å². The van der Waals surface area contributed by atoms with Gasteiger partial charge in [0.05, 0.1) is 17.7 Å². The van der Waals surface area contributed by atoms with Gasteiger partial charge >= 0.3 is 18.1 Å². The number of aliphatic carboxylic acids is 2. The second-order valence-electron chi connectivity index (χ2n) is 8.49. The first-order valence-electron chi connectivity index (χ1n) is 11.2.